The zero-order valence-electron chi connectivity index (χ0n) is 13.1. The Morgan fingerprint density at radius 2 is 2.00 bits per heavy atom. The number of anilines is 1. The van der Waals surface area contributed by atoms with Gasteiger partial charge in [-0.05, 0) is 43.5 Å². The second-order valence-electron chi connectivity index (χ2n) is 6.89. The molecule has 1 aliphatic heterocycles. The van der Waals surface area contributed by atoms with Gasteiger partial charge in [0, 0.05) is 12.2 Å². The van der Waals surface area contributed by atoms with Crippen LogP contribution < -0.4 is 5.32 Å². The van der Waals surface area contributed by atoms with Crippen LogP contribution in [0.2, 0.25) is 0 Å². The minimum atomic E-state index is 0.0350. The van der Waals surface area contributed by atoms with Crippen LogP contribution in [0.5, 0.6) is 0 Å². The monoisotopic (exact) mass is 274 g/mol. The predicted octanol–water partition coefficient (Wildman–Crippen LogP) is 3.26. The predicted molar refractivity (Wildman–Crippen MR) is 84.0 cm³/mol. The van der Waals surface area contributed by atoms with Crippen LogP contribution in [0.25, 0.3) is 0 Å². The molecule has 2 rings (SSSR count). The summed E-state index contributed by atoms with van der Waals surface area (Å²) >= 11 is 0. The van der Waals surface area contributed by atoms with Gasteiger partial charge in [0.2, 0.25) is 5.91 Å². The molecule has 1 aromatic carbocycles. The average Bonchev–Trinajstić information content (AvgIpc) is 2.38. The van der Waals surface area contributed by atoms with Crippen LogP contribution in [0.4, 0.5) is 5.69 Å². The fraction of sp³-hybridized carbons (Fsp3) is 0.588. The molecule has 0 radical (unpaired) electrons. The lowest BCUT2D eigenvalue weighted by Gasteiger charge is -2.29. The van der Waals surface area contributed by atoms with Crippen LogP contribution in [-0.4, -0.2) is 30.9 Å². The van der Waals surface area contributed by atoms with E-state index >= 15 is 0 Å². The third kappa shape index (κ3) is 3.60. The van der Waals surface area contributed by atoms with Gasteiger partial charge in [-0.25, -0.2) is 0 Å². The molecule has 1 unspecified atom stereocenters. The number of para-hydroxylation sites is 1. The number of benzene rings is 1. The molecule has 1 aliphatic rings. The molecule has 1 amide bonds. The minimum Gasteiger partial charge on any atom is -0.326 e. The van der Waals surface area contributed by atoms with Crippen molar-refractivity contribution in [2.45, 2.75) is 39.0 Å². The third-order valence-corrected chi connectivity index (χ3v) is 3.99. The number of piperidine rings is 1. The highest BCUT2D eigenvalue weighted by Gasteiger charge is 2.25. The zero-order valence-corrected chi connectivity index (χ0v) is 13.1. The largest absolute Gasteiger partial charge is 0.326 e. The Bertz CT molecular complexity index is 476. The molecule has 0 bridgehead atoms. The van der Waals surface area contributed by atoms with Crippen LogP contribution in [-0.2, 0) is 10.2 Å². The fourth-order valence-corrected chi connectivity index (χ4v) is 2.86. The van der Waals surface area contributed by atoms with E-state index in [0.717, 1.165) is 31.6 Å². The maximum absolute atomic E-state index is 12.5. The second kappa shape index (κ2) is 5.96. The van der Waals surface area contributed by atoms with Crippen molar-refractivity contribution < 1.29 is 4.79 Å². The molecule has 0 aromatic heterocycles. The van der Waals surface area contributed by atoms with Crippen LogP contribution >= 0.6 is 0 Å². The van der Waals surface area contributed by atoms with Gasteiger partial charge >= 0.3 is 0 Å². The molecular weight excluding hydrogens is 248 g/mol. The Hall–Kier alpha value is -1.35. The topological polar surface area (TPSA) is 32.3 Å². The van der Waals surface area contributed by atoms with E-state index in [1.54, 1.807) is 0 Å². The molecule has 110 valence electrons. The number of hydrogen-bond acceptors (Lipinski definition) is 2. The van der Waals surface area contributed by atoms with Gasteiger partial charge in [0.15, 0.2) is 0 Å². The molecule has 1 saturated heterocycles. The summed E-state index contributed by atoms with van der Waals surface area (Å²) in [6, 6.07) is 8.12. The van der Waals surface area contributed by atoms with Gasteiger partial charge in [-0.2, -0.15) is 0 Å². The lowest BCUT2D eigenvalue weighted by molar-refractivity contribution is -0.121. The molecular formula is C17H26N2O. The second-order valence-corrected chi connectivity index (χ2v) is 6.89. The van der Waals surface area contributed by atoms with Crippen molar-refractivity contribution in [1.29, 1.82) is 0 Å². The number of carbonyl (C=O) groups excluding carboxylic acids is 1. The van der Waals surface area contributed by atoms with Crippen molar-refractivity contribution in [1.82, 2.24) is 4.90 Å². The molecule has 3 heteroatoms. The van der Waals surface area contributed by atoms with E-state index in [2.05, 4.69) is 44.1 Å². The lowest BCUT2D eigenvalue weighted by atomic mass is 9.85. The van der Waals surface area contributed by atoms with Gasteiger partial charge in [0.1, 0.15) is 0 Å². The van der Waals surface area contributed by atoms with E-state index < -0.39 is 0 Å². The van der Waals surface area contributed by atoms with Crippen LogP contribution in [0.3, 0.4) is 0 Å². The van der Waals surface area contributed by atoms with E-state index in [4.69, 9.17) is 0 Å². The standard InChI is InChI=1S/C17H26N2O/c1-17(2,3)14-9-5-6-10-15(14)18-16(20)13-8-7-11-19(4)12-13/h5-6,9-10,13H,7-8,11-12H2,1-4H3,(H,18,20). The summed E-state index contributed by atoms with van der Waals surface area (Å²) in [5.41, 5.74) is 2.18. The lowest BCUT2D eigenvalue weighted by Crippen LogP contribution is -2.38. The van der Waals surface area contributed by atoms with Crippen molar-refractivity contribution in [2.24, 2.45) is 5.92 Å². The van der Waals surface area contributed by atoms with Crippen molar-refractivity contribution in [3.63, 3.8) is 0 Å². The Kier molecular flexibility index (Phi) is 4.48. The molecule has 1 atom stereocenters. The molecule has 1 heterocycles. The number of amides is 1. The van der Waals surface area contributed by atoms with Crippen LogP contribution in [0, 0.1) is 5.92 Å². The first-order valence-electron chi connectivity index (χ1n) is 7.47. The number of likely N-dealkylation sites (tertiary alicyclic amines) is 1. The zero-order chi connectivity index (χ0) is 14.8. The number of carbonyl (C=O) groups is 1. The number of nitrogens with one attached hydrogen (secondary N) is 1. The van der Waals surface area contributed by atoms with E-state index in [0.29, 0.717) is 0 Å². The van der Waals surface area contributed by atoms with E-state index in [1.807, 2.05) is 18.2 Å². The summed E-state index contributed by atoms with van der Waals surface area (Å²) in [5.74, 6) is 0.273. The van der Waals surface area contributed by atoms with Crippen molar-refractivity contribution in [2.75, 3.05) is 25.5 Å². The molecule has 0 saturated carbocycles. The summed E-state index contributed by atoms with van der Waals surface area (Å²) in [4.78, 5) is 14.7. The van der Waals surface area contributed by atoms with Crippen LogP contribution in [0.1, 0.15) is 39.2 Å². The normalized spacial score (nSPS) is 20.7. The Morgan fingerprint density at radius 1 is 1.30 bits per heavy atom. The minimum absolute atomic E-state index is 0.0350. The number of rotatable bonds is 2. The Morgan fingerprint density at radius 3 is 2.65 bits per heavy atom. The third-order valence-electron chi connectivity index (χ3n) is 3.99. The van der Waals surface area contributed by atoms with Crippen LogP contribution in [0.15, 0.2) is 24.3 Å². The summed E-state index contributed by atoms with van der Waals surface area (Å²) in [5, 5.41) is 3.14. The molecule has 20 heavy (non-hydrogen) atoms. The van der Waals surface area contributed by atoms with Gasteiger partial charge < -0.3 is 10.2 Å². The Labute approximate surface area is 122 Å². The molecule has 0 spiro atoms. The Balaban J connectivity index is 2.12. The SMILES string of the molecule is CN1CCCC(C(=O)Nc2ccccc2C(C)(C)C)C1. The number of nitrogens with zero attached hydrogens (tertiary/aromatic N) is 1. The van der Waals surface area contributed by atoms with Gasteiger partial charge in [-0.3, -0.25) is 4.79 Å². The quantitative estimate of drug-likeness (QED) is 0.897. The molecule has 1 fully saturated rings. The maximum atomic E-state index is 12.5. The van der Waals surface area contributed by atoms with Gasteiger partial charge in [0.25, 0.3) is 0 Å². The first-order valence-corrected chi connectivity index (χ1v) is 7.47. The van der Waals surface area contributed by atoms with Gasteiger partial charge in [-0.1, -0.05) is 39.0 Å². The highest BCUT2D eigenvalue weighted by molar-refractivity contribution is 5.93. The highest BCUT2D eigenvalue weighted by Crippen LogP contribution is 2.30. The first kappa shape index (κ1) is 15.0. The molecule has 0 aliphatic carbocycles. The average molecular weight is 274 g/mol. The number of hydrogen-bond donors (Lipinski definition) is 1. The maximum Gasteiger partial charge on any atom is 0.228 e. The van der Waals surface area contributed by atoms with Gasteiger partial charge in [-0.15, -0.1) is 0 Å². The summed E-state index contributed by atoms with van der Waals surface area (Å²) in [6.45, 7) is 8.48. The summed E-state index contributed by atoms with van der Waals surface area (Å²) in [6.07, 6.45) is 2.10. The highest BCUT2D eigenvalue weighted by atomic mass is 16.1. The molecule has 1 aromatic rings. The smallest absolute Gasteiger partial charge is 0.228 e. The van der Waals surface area contributed by atoms with Crippen molar-refractivity contribution in [3.05, 3.63) is 29.8 Å². The van der Waals surface area contributed by atoms with Crippen molar-refractivity contribution in [3.8, 4) is 0 Å². The molecule has 3 nitrogen and oxygen atoms in total. The molecule has 1 N–H and O–H groups in total. The van der Waals surface area contributed by atoms with E-state index in [-0.39, 0.29) is 17.2 Å². The summed E-state index contributed by atoms with van der Waals surface area (Å²) < 4.78 is 0. The summed E-state index contributed by atoms with van der Waals surface area (Å²) in [7, 11) is 2.09. The fourth-order valence-electron chi connectivity index (χ4n) is 2.86. The van der Waals surface area contributed by atoms with Gasteiger partial charge in [0.05, 0.1) is 5.92 Å². The van der Waals surface area contributed by atoms with E-state index in [9.17, 15) is 4.79 Å². The van der Waals surface area contributed by atoms with Crippen molar-refractivity contribution >= 4 is 11.6 Å². The van der Waals surface area contributed by atoms with E-state index in [1.165, 1.54) is 5.56 Å². The first-order chi connectivity index (χ1) is 9.38.